The van der Waals surface area contributed by atoms with Crippen LogP contribution in [0.25, 0.3) is 0 Å². The van der Waals surface area contributed by atoms with Gasteiger partial charge in [-0.2, -0.15) is 0 Å². The molecule has 2 heterocycles. The average molecular weight is 360 g/mol. The Hall–Kier alpha value is -1.62. The van der Waals surface area contributed by atoms with Gasteiger partial charge < -0.3 is 9.80 Å². The first-order valence-corrected chi connectivity index (χ1v) is 10.2. The van der Waals surface area contributed by atoms with Crippen molar-refractivity contribution in [2.24, 2.45) is 11.8 Å². The molecule has 0 aromatic rings. The molecule has 0 N–H and O–H groups in total. The lowest BCUT2D eigenvalue weighted by molar-refractivity contribution is -0.137. The van der Waals surface area contributed by atoms with Crippen molar-refractivity contribution in [2.45, 2.75) is 44.6 Å². The summed E-state index contributed by atoms with van der Waals surface area (Å²) in [6.45, 7) is 12.4. The van der Waals surface area contributed by atoms with Crippen LogP contribution in [0.15, 0.2) is 25.3 Å². The molecule has 0 spiro atoms. The molecule has 0 bridgehead atoms. The minimum absolute atomic E-state index is 0.0785. The summed E-state index contributed by atoms with van der Waals surface area (Å²) in [5.41, 5.74) is 0. The number of carbonyl (C=O) groups is 2. The van der Waals surface area contributed by atoms with Gasteiger partial charge in [-0.1, -0.05) is 12.2 Å². The summed E-state index contributed by atoms with van der Waals surface area (Å²) in [5.74, 6) is 1.01. The van der Waals surface area contributed by atoms with Crippen LogP contribution in [-0.4, -0.2) is 71.8 Å². The number of piperidine rings is 2. The van der Waals surface area contributed by atoms with Crippen LogP contribution in [0, 0.1) is 11.8 Å². The summed E-state index contributed by atoms with van der Waals surface area (Å²) in [4.78, 5) is 31.5. The number of hydrogen-bond donors (Lipinski definition) is 0. The Morgan fingerprint density at radius 3 is 2.15 bits per heavy atom. The Morgan fingerprint density at radius 1 is 0.923 bits per heavy atom. The first-order chi connectivity index (χ1) is 12.6. The van der Waals surface area contributed by atoms with E-state index in [4.69, 9.17) is 0 Å². The quantitative estimate of drug-likeness (QED) is 0.655. The first kappa shape index (κ1) is 19.2. The first-order valence-electron chi connectivity index (χ1n) is 10.2. The highest BCUT2D eigenvalue weighted by Gasteiger charge is 2.37. The van der Waals surface area contributed by atoms with Crippen LogP contribution in [-0.2, 0) is 9.59 Å². The number of amides is 2. The number of likely N-dealkylation sites (tertiary alicyclic amines) is 2. The second-order valence-electron chi connectivity index (χ2n) is 7.99. The van der Waals surface area contributed by atoms with Gasteiger partial charge in [0.1, 0.15) is 0 Å². The van der Waals surface area contributed by atoms with Gasteiger partial charge in [0.05, 0.1) is 5.92 Å². The smallest absolute Gasteiger partial charge is 0.227 e. The molecule has 3 aliphatic rings. The maximum absolute atomic E-state index is 12.9. The van der Waals surface area contributed by atoms with E-state index in [1.807, 2.05) is 4.90 Å². The van der Waals surface area contributed by atoms with Gasteiger partial charge in [-0.25, -0.2) is 0 Å². The van der Waals surface area contributed by atoms with E-state index >= 15 is 0 Å². The standard InChI is InChI=1S/C21H33N3O2/c1-3-11-22(12-4-2)21(26)18-6-5-13-24(16-18)19-9-14-23(15-10-19)20(25)17-7-8-17/h3-4,17-19H,1-2,5-16H2. The number of rotatable bonds is 7. The highest BCUT2D eigenvalue weighted by atomic mass is 16.2. The van der Waals surface area contributed by atoms with Crippen molar-refractivity contribution in [3.8, 4) is 0 Å². The van der Waals surface area contributed by atoms with Crippen LogP contribution in [0.5, 0.6) is 0 Å². The third-order valence-electron chi connectivity index (χ3n) is 6.03. The van der Waals surface area contributed by atoms with E-state index < -0.39 is 0 Å². The van der Waals surface area contributed by atoms with Crippen molar-refractivity contribution in [3.05, 3.63) is 25.3 Å². The monoisotopic (exact) mass is 359 g/mol. The summed E-state index contributed by atoms with van der Waals surface area (Å²) >= 11 is 0. The van der Waals surface area contributed by atoms with Crippen molar-refractivity contribution in [1.82, 2.24) is 14.7 Å². The number of nitrogens with zero attached hydrogens (tertiary/aromatic N) is 3. The number of carbonyl (C=O) groups excluding carboxylic acids is 2. The van der Waals surface area contributed by atoms with E-state index in [9.17, 15) is 9.59 Å². The average Bonchev–Trinajstić information content (AvgIpc) is 3.52. The maximum atomic E-state index is 12.9. The molecule has 0 aromatic carbocycles. The van der Waals surface area contributed by atoms with Gasteiger partial charge in [-0.3, -0.25) is 14.5 Å². The molecule has 3 rings (SSSR count). The number of hydrogen-bond acceptors (Lipinski definition) is 3. The molecule has 2 saturated heterocycles. The lowest BCUT2D eigenvalue weighted by atomic mass is 9.92. The highest BCUT2D eigenvalue weighted by Crippen LogP contribution is 2.32. The summed E-state index contributed by atoms with van der Waals surface area (Å²) in [6, 6.07) is 0.515. The highest BCUT2D eigenvalue weighted by molar-refractivity contribution is 5.81. The van der Waals surface area contributed by atoms with Gasteiger partial charge in [0.2, 0.25) is 11.8 Å². The second-order valence-corrected chi connectivity index (χ2v) is 7.99. The summed E-state index contributed by atoms with van der Waals surface area (Å²) < 4.78 is 0. The van der Waals surface area contributed by atoms with Crippen LogP contribution in [0.3, 0.4) is 0 Å². The van der Waals surface area contributed by atoms with Crippen LogP contribution in [0.2, 0.25) is 0 Å². The largest absolute Gasteiger partial charge is 0.342 e. The lowest BCUT2D eigenvalue weighted by Crippen LogP contribution is -2.52. The fraction of sp³-hybridized carbons (Fsp3) is 0.714. The molecule has 5 heteroatoms. The topological polar surface area (TPSA) is 43.9 Å². The summed E-state index contributed by atoms with van der Waals surface area (Å²) in [5, 5.41) is 0. The predicted octanol–water partition coefficient (Wildman–Crippen LogP) is 2.30. The van der Waals surface area contributed by atoms with Gasteiger partial charge in [0.15, 0.2) is 0 Å². The Bertz CT molecular complexity index is 525. The van der Waals surface area contributed by atoms with Crippen LogP contribution in [0.1, 0.15) is 38.5 Å². The Kier molecular flexibility index (Phi) is 6.52. The molecule has 1 unspecified atom stereocenters. The van der Waals surface area contributed by atoms with Crippen LogP contribution >= 0.6 is 0 Å². The lowest BCUT2D eigenvalue weighted by Gasteiger charge is -2.42. The third-order valence-corrected chi connectivity index (χ3v) is 6.03. The summed E-state index contributed by atoms with van der Waals surface area (Å²) in [7, 11) is 0. The molecule has 5 nitrogen and oxygen atoms in total. The van der Waals surface area contributed by atoms with Gasteiger partial charge in [-0.15, -0.1) is 13.2 Å². The molecule has 1 atom stereocenters. The minimum Gasteiger partial charge on any atom is -0.342 e. The van der Waals surface area contributed by atoms with Crippen molar-refractivity contribution in [3.63, 3.8) is 0 Å². The Balaban J connectivity index is 1.51. The minimum atomic E-state index is 0.0785. The molecule has 26 heavy (non-hydrogen) atoms. The van der Waals surface area contributed by atoms with Crippen molar-refractivity contribution < 1.29 is 9.59 Å². The van der Waals surface area contributed by atoms with E-state index in [0.29, 0.717) is 31.0 Å². The molecule has 144 valence electrons. The van der Waals surface area contributed by atoms with Gasteiger partial charge in [-0.05, 0) is 45.1 Å². The van der Waals surface area contributed by atoms with Crippen LogP contribution in [0.4, 0.5) is 0 Å². The van der Waals surface area contributed by atoms with Crippen LogP contribution < -0.4 is 0 Å². The molecule has 2 amide bonds. The zero-order valence-corrected chi connectivity index (χ0v) is 15.9. The van der Waals surface area contributed by atoms with E-state index in [0.717, 1.165) is 64.7 Å². The maximum Gasteiger partial charge on any atom is 0.227 e. The SMILES string of the molecule is C=CCN(CC=C)C(=O)C1CCCN(C2CCN(C(=O)C3CC3)CC2)C1. The van der Waals surface area contributed by atoms with Gasteiger partial charge in [0, 0.05) is 44.7 Å². The van der Waals surface area contributed by atoms with Crippen molar-refractivity contribution in [1.29, 1.82) is 0 Å². The molecule has 2 aliphatic heterocycles. The van der Waals surface area contributed by atoms with E-state index in [1.165, 1.54) is 0 Å². The molecule has 1 saturated carbocycles. The Labute approximate surface area is 157 Å². The fourth-order valence-electron chi connectivity index (χ4n) is 4.40. The van der Waals surface area contributed by atoms with Gasteiger partial charge >= 0.3 is 0 Å². The zero-order valence-electron chi connectivity index (χ0n) is 15.9. The normalized spacial score (nSPS) is 24.9. The van der Waals surface area contributed by atoms with Gasteiger partial charge in [0.25, 0.3) is 0 Å². The van der Waals surface area contributed by atoms with E-state index in [-0.39, 0.29) is 11.8 Å². The molecular weight excluding hydrogens is 326 g/mol. The second kappa shape index (κ2) is 8.85. The molecule has 0 radical (unpaired) electrons. The molecule has 3 fully saturated rings. The molecule has 1 aliphatic carbocycles. The fourth-order valence-corrected chi connectivity index (χ4v) is 4.40. The molecular formula is C21H33N3O2. The Morgan fingerprint density at radius 2 is 1.58 bits per heavy atom. The van der Waals surface area contributed by atoms with E-state index in [2.05, 4.69) is 23.0 Å². The molecule has 0 aromatic heterocycles. The van der Waals surface area contributed by atoms with Crippen molar-refractivity contribution >= 4 is 11.8 Å². The zero-order chi connectivity index (χ0) is 18.5. The summed E-state index contributed by atoms with van der Waals surface area (Å²) in [6.07, 6.45) is 9.88. The van der Waals surface area contributed by atoms with Crippen molar-refractivity contribution in [2.75, 3.05) is 39.3 Å². The van der Waals surface area contributed by atoms with E-state index in [1.54, 1.807) is 12.2 Å². The third kappa shape index (κ3) is 4.56. The predicted molar refractivity (Wildman–Crippen MR) is 104 cm³/mol.